The zero-order valence-electron chi connectivity index (χ0n) is 17.3. The lowest BCUT2D eigenvalue weighted by atomic mass is 10.2. The smallest absolute Gasteiger partial charge is 0.262 e. The van der Waals surface area contributed by atoms with Gasteiger partial charge in [-0.15, -0.1) is 0 Å². The fourth-order valence-corrected chi connectivity index (χ4v) is 3.72. The van der Waals surface area contributed by atoms with E-state index in [1.54, 1.807) is 36.7 Å². The number of halogens is 2. The quantitative estimate of drug-likeness (QED) is 0.451. The Labute approximate surface area is 187 Å². The van der Waals surface area contributed by atoms with Crippen molar-refractivity contribution in [3.63, 3.8) is 0 Å². The van der Waals surface area contributed by atoms with Crippen LogP contribution in [0.2, 0.25) is 0 Å². The summed E-state index contributed by atoms with van der Waals surface area (Å²) in [7, 11) is 0. The molecule has 9 heteroatoms. The molecule has 0 bridgehead atoms. The summed E-state index contributed by atoms with van der Waals surface area (Å²) in [6.45, 7) is 0.615. The van der Waals surface area contributed by atoms with Gasteiger partial charge in [0.2, 0.25) is 5.82 Å². The van der Waals surface area contributed by atoms with Gasteiger partial charge in [-0.1, -0.05) is 17.3 Å². The van der Waals surface area contributed by atoms with Gasteiger partial charge >= 0.3 is 0 Å². The molecule has 3 heterocycles. The Morgan fingerprint density at radius 3 is 2.76 bits per heavy atom. The minimum absolute atomic E-state index is 0.245. The van der Waals surface area contributed by atoms with Gasteiger partial charge in [-0.3, -0.25) is 9.78 Å². The van der Waals surface area contributed by atoms with E-state index in [1.165, 1.54) is 4.90 Å². The summed E-state index contributed by atoms with van der Waals surface area (Å²) >= 11 is 0. The van der Waals surface area contributed by atoms with Gasteiger partial charge < -0.3 is 14.2 Å². The third kappa shape index (κ3) is 4.30. The van der Waals surface area contributed by atoms with E-state index in [2.05, 4.69) is 15.1 Å². The third-order valence-corrected chi connectivity index (χ3v) is 5.37. The van der Waals surface area contributed by atoms with Crippen LogP contribution in [0.15, 0.2) is 71.5 Å². The van der Waals surface area contributed by atoms with E-state index in [9.17, 15) is 13.6 Å². The molecule has 5 rings (SSSR count). The van der Waals surface area contributed by atoms with E-state index < -0.39 is 17.5 Å². The number of rotatable bonds is 5. The molecule has 7 nitrogen and oxygen atoms in total. The van der Waals surface area contributed by atoms with Crippen molar-refractivity contribution in [2.75, 3.05) is 13.1 Å². The van der Waals surface area contributed by atoms with Crippen molar-refractivity contribution in [2.45, 2.75) is 12.5 Å². The number of hydrogen-bond donors (Lipinski definition) is 0. The number of likely N-dealkylation sites (tertiary alicyclic amines) is 1. The molecule has 1 fully saturated rings. The van der Waals surface area contributed by atoms with Gasteiger partial charge in [-0.25, -0.2) is 8.78 Å². The molecule has 33 heavy (non-hydrogen) atoms. The largest absolute Gasteiger partial charge is 0.488 e. The Kier molecular flexibility index (Phi) is 5.52. The van der Waals surface area contributed by atoms with Crippen molar-refractivity contribution in [1.29, 1.82) is 0 Å². The van der Waals surface area contributed by atoms with Crippen LogP contribution in [-0.2, 0) is 0 Å². The fourth-order valence-electron chi connectivity index (χ4n) is 3.72. The second kappa shape index (κ2) is 8.78. The van der Waals surface area contributed by atoms with Crippen LogP contribution in [0, 0.1) is 11.6 Å². The highest BCUT2D eigenvalue weighted by atomic mass is 19.1. The number of nitrogens with zero attached hydrogens (tertiary/aromatic N) is 4. The van der Waals surface area contributed by atoms with Crippen LogP contribution in [0.4, 0.5) is 8.78 Å². The molecule has 1 saturated heterocycles. The van der Waals surface area contributed by atoms with Gasteiger partial charge in [0.05, 0.1) is 17.7 Å². The molecule has 1 amide bonds. The molecule has 1 aliphatic heterocycles. The molecule has 1 aliphatic rings. The number of ether oxygens (including phenoxy) is 1. The number of carbonyl (C=O) groups excluding carboxylic acids is 1. The van der Waals surface area contributed by atoms with E-state index in [0.29, 0.717) is 36.0 Å². The summed E-state index contributed by atoms with van der Waals surface area (Å²) < 4.78 is 39.1. The first-order valence-corrected chi connectivity index (χ1v) is 10.3. The SMILES string of the molecule is O=C(c1cc(F)ccc1F)N1CCC(Oc2ccccc2-c2nc(-c3ccncc3)no2)C1. The third-order valence-electron chi connectivity index (χ3n) is 5.37. The second-order valence-electron chi connectivity index (χ2n) is 7.56. The zero-order chi connectivity index (χ0) is 22.8. The highest BCUT2D eigenvalue weighted by Crippen LogP contribution is 2.32. The van der Waals surface area contributed by atoms with Crippen LogP contribution in [0.25, 0.3) is 22.8 Å². The first-order valence-electron chi connectivity index (χ1n) is 10.3. The van der Waals surface area contributed by atoms with Crippen LogP contribution in [0.1, 0.15) is 16.8 Å². The Balaban J connectivity index is 1.32. The van der Waals surface area contributed by atoms with E-state index in [0.717, 1.165) is 23.8 Å². The Hall–Kier alpha value is -4.14. The lowest BCUT2D eigenvalue weighted by Gasteiger charge is -2.18. The van der Waals surface area contributed by atoms with Crippen LogP contribution < -0.4 is 4.74 Å². The standard InChI is InChI=1S/C24H18F2N4O3/c25-16-5-6-20(26)19(13-16)24(31)30-12-9-17(14-30)32-21-4-2-1-3-18(21)23-28-22(29-33-23)15-7-10-27-11-8-15/h1-8,10-11,13,17H,9,12,14H2. The zero-order valence-corrected chi connectivity index (χ0v) is 17.3. The maximum Gasteiger partial charge on any atom is 0.262 e. The molecule has 166 valence electrons. The number of para-hydroxylation sites is 1. The molecule has 1 unspecified atom stereocenters. The topological polar surface area (TPSA) is 81.4 Å². The highest BCUT2D eigenvalue weighted by molar-refractivity contribution is 5.94. The lowest BCUT2D eigenvalue weighted by molar-refractivity contribution is 0.0767. The number of aromatic nitrogens is 3. The number of pyridine rings is 1. The van der Waals surface area contributed by atoms with Crippen LogP contribution in [0.5, 0.6) is 5.75 Å². The van der Waals surface area contributed by atoms with Gasteiger partial charge in [0.1, 0.15) is 23.5 Å². The van der Waals surface area contributed by atoms with Crippen LogP contribution in [-0.4, -0.2) is 45.1 Å². The summed E-state index contributed by atoms with van der Waals surface area (Å²) in [4.78, 5) is 22.6. The molecule has 0 aliphatic carbocycles. The summed E-state index contributed by atoms with van der Waals surface area (Å²) in [6.07, 6.45) is 3.51. The first kappa shape index (κ1) is 20.7. The molecule has 1 atom stereocenters. The van der Waals surface area contributed by atoms with E-state index >= 15 is 0 Å². The van der Waals surface area contributed by atoms with Gasteiger partial charge in [0.15, 0.2) is 0 Å². The molecule has 0 radical (unpaired) electrons. The van der Waals surface area contributed by atoms with Crippen molar-refractivity contribution >= 4 is 5.91 Å². The minimum Gasteiger partial charge on any atom is -0.488 e. The molecule has 0 N–H and O–H groups in total. The molecule has 0 saturated carbocycles. The molecular formula is C24H18F2N4O3. The monoisotopic (exact) mass is 448 g/mol. The highest BCUT2D eigenvalue weighted by Gasteiger charge is 2.30. The molecule has 0 spiro atoms. The summed E-state index contributed by atoms with van der Waals surface area (Å²) in [5.74, 6) is -0.727. The Morgan fingerprint density at radius 2 is 1.91 bits per heavy atom. The summed E-state index contributed by atoms with van der Waals surface area (Å²) in [5.41, 5.74) is 1.10. The van der Waals surface area contributed by atoms with Gasteiger partial charge in [0, 0.05) is 30.9 Å². The predicted molar refractivity (Wildman–Crippen MR) is 114 cm³/mol. The van der Waals surface area contributed by atoms with Crippen molar-refractivity contribution in [1.82, 2.24) is 20.0 Å². The number of benzene rings is 2. The Morgan fingerprint density at radius 1 is 1.09 bits per heavy atom. The molecule has 2 aromatic heterocycles. The number of carbonyl (C=O) groups is 1. The maximum atomic E-state index is 14.0. The summed E-state index contributed by atoms with van der Waals surface area (Å²) in [6, 6.07) is 13.6. The molecular weight excluding hydrogens is 430 g/mol. The van der Waals surface area contributed by atoms with E-state index in [1.807, 2.05) is 12.1 Å². The predicted octanol–water partition coefficient (Wildman–Crippen LogP) is 4.37. The van der Waals surface area contributed by atoms with Gasteiger partial charge in [-0.05, 0) is 42.5 Å². The first-order chi connectivity index (χ1) is 16.1. The normalized spacial score (nSPS) is 15.6. The number of hydrogen-bond acceptors (Lipinski definition) is 6. The van der Waals surface area contributed by atoms with Crippen molar-refractivity contribution in [3.05, 3.63) is 84.2 Å². The fraction of sp³-hybridized carbons (Fsp3) is 0.167. The lowest BCUT2D eigenvalue weighted by Crippen LogP contribution is -2.31. The Bertz CT molecular complexity index is 1300. The minimum atomic E-state index is -0.752. The van der Waals surface area contributed by atoms with Crippen molar-refractivity contribution < 1.29 is 22.8 Å². The van der Waals surface area contributed by atoms with Crippen molar-refractivity contribution in [3.8, 4) is 28.6 Å². The van der Waals surface area contributed by atoms with Gasteiger partial charge in [0.25, 0.3) is 11.8 Å². The summed E-state index contributed by atoms with van der Waals surface area (Å²) in [5, 5.41) is 4.03. The molecule has 4 aromatic rings. The number of amides is 1. The van der Waals surface area contributed by atoms with Crippen LogP contribution in [0.3, 0.4) is 0 Å². The van der Waals surface area contributed by atoms with E-state index in [-0.39, 0.29) is 18.2 Å². The second-order valence-corrected chi connectivity index (χ2v) is 7.56. The van der Waals surface area contributed by atoms with Crippen molar-refractivity contribution in [2.24, 2.45) is 0 Å². The van der Waals surface area contributed by atoms with Gasteiger partial charge in [-0.2, -0.15) is 4.98 Å². The van der Waals surface area contributed by atoms with E-state index in [4.69, 9.17) is 9.26 Å². The average Bonchev–Trinajstić information content (AvgIpc) is 3.51. The average molecular weight is 448 g/mol. The molecule has 2 aromatic carbocycles. The maximum absolute atomic E-state index is 14.0. The van der Waals surface area contributed by atoms with Crippen LogP contribution >= 0.6 is 0 Å².